The molecule has 2 fully saturated rings. The molecule has 6 nitrogen and oxygen atoms in total. The van der Waals surface area contributed by atoms with Crippen molar-refractivity contribution in [3.63, 3.8) is 0 Å². The predicted molar refractivity (Wildman–Crippen MR) is 87.3 cm³/mol. The molecule has 0 atom stereocenters. The lowest BCUT2D eigenvalue weighted by Crippen LogP contribution is -2.33. The third-order valence-electron chi connectivity index (χ3n) is 3.59. The maximum absolute atomic E-state index is 12.2. The number of nitrogens with two attached hydrogens (primary N) is 2. The van der Waals surface area contributed by atoms with E-state index in [0.29, 0.717) is 10.4 Å². The Hall–Kier alpha value is -1.41. The van der Waals surface area contributed by atoms with Crippen molar-refractivity contribution in [2.75, 3.05) is 35.2 Å². The van der Waals surface area contributed by atoms with Crippen molar-refractivity contribution in [2.24, 2.45) is 5.73 Å². The number of hydrogen-bond acceptors (Lipinski definition) is 6. The summed E-state index contributed by atoms with van der Waals surface area (Å²) in [6, 6.07) is 0.255. The van der Waals surface area contributed by atoms with E-state index in [1.54, 1.807) is 0 Å². The number of rotatable bonds is 4. The number of carbonyl (C=O) groups is 2. The van der Waals surface area contributed by atoms with Crippen molar-refractivity contribution < 1.29 is 9.59 Å². The summed E-state index contributed by atoms with van der Waals surface area (Å²) >= 11 is 3.16. The maximum Gasteiger partial charge on any atom is 0.263 e. The van der Waals surface area contributed by atoms with Crippen LogP contribution in [0.4, 0.5) is 10.7 Å². The van der Waals surface area contributed by atoms with Crippen LogP contribution in [0.5, 0.6) is 0 Å². The van der Waals surface area contributed by atoms with Crippen molar-refractivity contribution in [2.45, 2.75) is 18.9 Å². The number of thioether (sulfide) groups is 1. The number of nitrogens with zero attached hydrogens (tertiary/aromatic N) is 1. The first-order valence-electron chi connectivity index (χ1n) is 6.93. The van der Waals surface area contributed by atoms with Gasteiger partial charge in [0.25, 0.3) is 11.8 Å². The third-order valence-corrected chi connectivity index (χ3v) is 5.80. The summed E-state index contributed by atoms with van der Waals surface area (Å²) in [6.45, 7) is 1.68. The number of anilines is 2. The predicted octanol–water partition coefficient (Wildman–Crippen LogP) is 0.875. The zero-order chi connectivity index (χ0) is 15.0. The summed E-state index contributed by atoms with van der Waals surface area (Å²) in [7, 11) is 0. The molecule has 21 heavy (non-hydrogen) atoms. The van der Waals surface area contributed by atoms with E-state index in [9.17, 15) is 9.59 Å². The Labute approximate surface area is 131 Å². The van der Waals surface area contributed by atoms with Crippen LogP contribution in [0.25, 0.3) is 0 Å². The molecule has 1 aliphatic carbocycles. The van der Waals surface area contributed by atoms with Crippen LogP contribution in [0.1, 0.15) is 32.9 Å². The van der Waals surface area contributed by atoms with Crippen molar-refractivity contribution in [3.8, 4) is 0 Å². The molecule has 1 saturated carbocycles. The maximum atomic E-state index is 12.2. The van der Waals surface area contributed by atoms with Gasteiger partial charge in [-0.3, -0.25) is 9.59 Å². The molecule has 1 aromatic heterocycles. The molecule has 3 rings (SSSR count). The van der Waals surface area contributed by atoms with Gasteiger partial charge in [0, 0.05) is 30.6 Å². The van der Waals surface area contributed by atoms with Crippen LogP contribution in [-0.4, -0.2) is 42.5 Å². The highest BCUT2D eigenvalue weighted by atomic mass is 32.2. The van der Waals surface area contributed by atoms with E-state index >= 15 is 0 Å². The Kier molecular flexibility index (Phi) is 3.99. The van der Waals surface area contributed by atoms with E-state index in [4.69, 9.17) is 11.5 Å². The Morgan fingerprint density at radius 3 is 2.48 bits per heavy atom. The SMILES string of the molecule is NC(=O)c1c(N2CCSCC2)sc(C(=O)NC2CC2)c1N. The lowest BCUT2D eigenvalue weighted by molar-refractivity contribution is 0.0955. The van der Waals surface area contributed by atoms with Gasteiger partial charge in [-0.15, -0.1) is 11.3 Å². The van der Waals surface area contributed by atoms with Crippen LogP contribution in [0, 0.1) is 0 Å². The molecule has 0 bridgehead atoms. The third kappa shape index (κ3) is 2.96. The number of nitrogens with one attached hydrogen (secondary N) is 1. The first kappa shape index (κ1) is 14.5. The molecule has 0 aromatic carbocycles. The second-order valence-corrected chi connectivity index (χ2v) is 7.46. The zero-order valence-corrected chi connectivity index (χ0v) is 13.2. The van der Waals surface area contributed by atoms with E-state index in [-0.39, 0.29) is 17.6 Å². The minimum Gasteiger partial charge on any atom is -0.397 e. The molecule has 1 aromatic rings. The van der Waals surface area contributed by atoms with Gasteiger partial charge in [0.05, 0.1) is 11.3 Å². The number of nitrogen functional groups attached to an aromatic ring is 1. The monoisotopic (exact) mass is 326 g/mol. The fourth-order valence-electron chi connectivity index (χ4n) is 2.31. The lowest BCUT2D eigenvalue weighted by Gasteiger charge is -2.27. The van der Waals surface area contributed by atoms with E-state index < -0.39 is 5.91 Å². The van der Waals surface area contributed by atoms with Crippen LogP contribution < -0.4 is 21.7 Å². The molecule has 114 valence electrons. The molecule has 1 saturated heterocycles. The Morgan fingerprint density at radius 2 is 1.90 bits per heavy atom. The normalized spacial score (nSPS) is 18.6. The smallest absolute Gasteiger partial charge is 0.263 e. The van der Waals surface area contributed by atoms with Crippen LogP contribution in [-0.2, 0) is 0 Å². The van der Waals surface area contributed by atoms with Gasteiger partial charge in [0.15, 0.2) is 0 Å². The van der Waals surface area contributed by atoms with E-state index in [0.717, 1.165) is 42.4 Å². The van der Waals surface area contributed by atoms with Crippen molar-refractivity contribution >= 4 is 45.6 Å². The average molecular weight is 326 g/mol. The fourth-order valence-corrected chi connectivity index (χ4v) is 4.39. The molecule has 0 unspecified atom stereocenters. The van der Waals surface area contributed by atoms with Crippen LogP contribution >= 0.6 is 23.1 Å². The van der Waals surface area contributed by atoms with Gasteiger partial charge >= 0.3 is 0 Å². The molecule has 2 aliphatic rings. The first-order chi connectivity index (χ1) is 10.1. The molecular formula is C13H18N4O2S2. The second-order valence-electron chi connectivity index (χ2n) is 5.24. The summed E-state index contributed by atoms with van der Waals surface area (Å²) in [5.41, 5.74) is 12.0. The number of carbonyl (C=O) groups excluding carboxylic acids is 2. The molecule has 0 radical (unpaired) electrons. The summed E-state index contributed by atoms with van der Waals surface area (Å²) in [4.78, 5) is 26.5. The summed E-state index contributed by atoms with van der Waals surface area (Å²) < 4.78 is 0. The van der Waals surface area contributed by atoms with E-state index in [2.05, 4.69) is 10.2 Å². The second kappa shape index (κ2) is 5.76. The number of amides is 2. The zero-order valence-electron chi connectivity index (χ0n) is 11.6. The standard InChI is InChI=1S/C13H18N4O2S2/c14-9-8(11(15)18)13(17-3-5-20-6-4-17)21-10(9)12(19)16-7-1-2-7/h7H,1-6,14H2,(H2,15,18)(H,16,19). The topological polar surface area (TPSA) is 101 Å². The van der Waals surface area contributed by atoms with Gasteiger partial charge in [-0.2, -0.15) is 11.8 Å². The van der Waals surface area contributed by atoms with Crippen LogP contribution in [0.2, 0.25) is 0 Å². The molecule has 8 heteroatoms. The summed E-state index contributed by atoms with van der Waals surface area (Å²) in [5, 5.41) is 3.65. The first-order valence-corrected chi connectivity index (χ1v) is 8.90. The highest BCUT2D eigenvalue weighted by Crippen LogP contribution is 2.39. The Balaban J connectivity index is 1.93. The van der Waals surface area contributed by atoms with Gasteiger partial charge in [-0.05, 0) is 12.8 Å². The molecular weight excluding hydrogens is 308 g/mol. The van der Waals surface area contributed by atoms with Crippen LogP contribution in [0.15, 0.2) is 0 Å². The minimum atomic E-state index is -0.567. The van der Waals surface area contributed by atoms with Crippen molar-refractivity contribution in [3.05, 3.63) is 10.4 Å². The average Bonchev–Trinajstić information content (AvgIpc) is 3.20. The van der Waals surface area contributed by atoms with Crippen molar-refractivity contribution in [1.29, 1.82) is 0 Å². The number of thiophene rings is 1. The summed E-state index contributed by atoms with van der Waals surface area (Å²) in [6.07, 6.45) is 2.02. The lowest BCUT2D eigenvalue weighted by atomic mass is 10.2. The Morgan fingerprint density at radius 1 is 1.24 bits per heavy atom. The molecule has 1 aliphatic heterocycles. The van der Waals surface area contributed by atoms with E-state index in [1.807, 2.05) is 11.8 Å². The number of primary amides is 1. The van der Waals surface area contributed by atoms with E-state index in [1.165, 1.54) is 11.3 Å². The van der Waals surface area contributed by atoms with Crippen LogP contribution in [0.3, 0.4) is 0 Å². The highest BCUT2D eigenvalue weighted by Gasteiger charge is 2.30. The fraction of sp³-hybridized carbons (Fsp3) is 0.538. The van der Waals surface area contributed by atoms with Gasteiger partial charge in [-0.1, -0.05) is 0 Å². The van der Waals surface area contributed by atoms with Gasteiger partial charge in [0.1, 0.15) is 9.88 Å². The van der Waals surface area contributed by atoms with Gasteiger partial charge in [-0.25, -0.2) is 0 Å². The van der Waals surface area contributed by atoms with Gasteiger partial charge in [0.2, 0.25) is 0 Å². The Bertz CT molecular complexity index is 577. The number of hydrogen-bond donors (Lipinski definition) is 3. The van der Waals surface area contributed by atoms with Crippen molar-refractivity contribution in [1.82, 2.24) is 5.32 Å². The quantitative estimate of drug-likeness (QED) is 0.762. The minimum absolute atomic E-state index is 0.194. The molecule has 2 amide bonds. The largest absolute Gasteiger partial charge is 0.397 e. The highest BCUT2D eigenvalue weighted by molar-refractivity contribution is 7.99. The summed E-state index contributed by atoms with van der Waals surface area (Å²) in [5.74, 6) is 1.24. The van der Waals surface area contributed by atoms with Gasteiger partial charge < -0.3 is 21.7 Å². The molecule has 5 N–H and O–H groups in total. The molecule has 2 heterocycles. The molecule has 0 spiro atoms.